The summed E-state index contributed by atoms with van der Waals surface area (Å²) in [5, 5.41) is 12.6. The van der Waals surface area contributed by atoms with E-state index in [0.29, 0.717) is 6.42 Å². The first-order valence-electron chi connectivity index (χ1n) is 6.78. The Hall–Kier alpha value is -2.07. The first-order chi connectivity index (χ1) is 9.58. The number of aromatic nitrogens is 1. The Morgan fingerprint density at radius 1 is 1.40 bits per heavy atom. The van der Waals surface area contributed by atoms with E-state index in [0.717, 1.165) is 16.8 Å². The Morgan fingerprint density at radius 2 is 2.20 bits per heavy atom. The van der Waals surface area contributed by atoms with E-state index < -0.39 is 6.10 Å². The number of rotatable bonds is 5. The summed E-state index contributed by atoms with van der Waals surface area (Å²) in [6.45, 7) is 4.15. The van der Waals surface area contributed by atoms with Crippen LogP contribution in [-0.2, 0) is 11.3 Å². The molecule has 1 amide bonds. The van der Waals surface area contributed by atoms with Gasteiger partial charge in [0, 0.05) is 18.1 Å². The van der Waals surface area contributed by atoms with Crippen molar-refractivity contribution in [3.63, 3.8) is 0 Å². The van der Waals surface area contributed by atoms with E-state index in [4.69, 9.17) is 0 Å². The summed E-state index contributed by atoms with van der Waals surface area (Å²) in [5.74, 6) is -0.0799. The lowest BCUT2D eigenvalue weighted by Crippen LogP contribution is -2.17. The smallest absolute Gasteiger partial charge is 0.244 e. The van der Waals surface area contributed by atoms with Crippen LogP contribution in [0, 0.1) is 6.92 Å². The highest BCUT2D eigenvalue weighted by Crippen LogP contribution is 2.16. The highest BCUT2D eigenvalue weighted by molar-refractivity contribution is 5.90. The van der Waals surface area contributed by atoms with E-state index in [2.05, 4.69) is 5.32 Å². The molecule has 1 unspecified atom stereocenters. The van der Waals surface area contributed by atoms with Crippen LogP contribution in [-0.4, -0.2) is 15.6 Å². The van der Waals surface area contributed by atoms with E-state index >= 15 is 0 Å². The minimum absolute atomic E-state index is 0.0799. The Balaban J connectivity index is 1.96. The zero-order valence-corrected chi connectivity index (χ0v) is 11.8. The lowest BCUT2D eigenvalue weighted by molar-refractivity contribution is -0.116. The first-order valence-corrected chi connectivity index (χ1v) is 6.78. The van der Waals surface area contributed by atoms with E-state index in [-0.39, 0.29) is 12.5 Å². The van der Waals surface area contributed by atoms with Gasteiger partial charge in [-0.15, -0.1) is 0 Å². The van der Waals surface area contributed by atoms with Crippen molar-refractivity contribution < 1.29 is 9.90 Å². The Bertz CT molecular complexity index is 590. The number of carbonyl (C=O) groups is 1. The summed E-state index contributed by atoms with van der Waals surface area (Å²) in [7, 11) is 0. The monoisotopic (exact) mass is 272 g/mol. The quantitative estimate of drug-likeness (QED) is 0.879. The second-order valence-electron chi connectivity index (χ2n) is 4.96. The molecule has 1 aromatic heterocycles. The molecule has 0 radical (unpaired) electrons. The maximum Gasteiger partial charge on any atom is 0.244 e. The molecule has 0 aliphatic rings. The van der Waals surface area contributed by atoms with Crippen LogP contribution in [0.4, 0.5) is 5.69 Å². The molecule has 2 N–H and O–H groups in total. The van der Waals surface area contributed by atoms with Gasteiger partial charge in [-0.2, -0.15) is 0 Å². The highest BCUT2D eigenvalue weighted by atomic mass is 16.3. The predicted molar refractivity (Wildman–Crippen MR) is 79.5 cm³/mol. The Labute approximate surface area is 119 Å². The summed E-state index contributed by atoms with van der Waals surface area (Å²) in [6, 6.07) is 9.54. The number of aliphatic hydroxyl groups excluding tert-OH is 1. The van der Waals surface area contributed by atoms with Crippen molar-refractivity contribution in [1.82, 2.24) is 4.57 Å². The van der Waals surface area contributed by atoms with Crippen molar-refractivity contribution in [3.05, 3.63) is 53.9 Å². The number of hydrogen-bond donors (Lipinski definition) is 2. The van der Waals surface area contributed by atoms with Gasteiger partial charge in [0.05, 0.1) is 6.10 Å². The van der Waals surface area contributed by atoms with E-state index in [1.54, 1.807) is 4.57 Å². The van der Waals surface area contributed by atoms with Crippen LogP contribution >= 0.6 is 0 Å². The Morgan fingerprint density at radius 3 is 2.90 bits per heavy atom. The largest absolute Gasteiger partial charge is 0.388 e. The van der Waals surface area contributed by atoms with Crippen LogP contribution < -0.4 is 5.32 Å². The molecular formula is C16H20N2O2. The zero-order valence-electron chi connectivity index (χ0n) is 11.8. The summed E-state index contributed by atoms with van der Waals surface area (Å²) in [4.78, 5) is 11.9. The minimum Gasteiger partial charge on any atom is -0.388 e. The molecule has 2 aromatic rings. The van der Waals surface area contributed by atoms with Gasteiger partial charge in [-0.1, -0.05) is 19.1 Å². The SMILES string of the molecule is CCC(O)c1ccn(CC(=O)Nc2cccc(C)c2)c1. The van der Waals surface area contributed by atoms with Gasteiger partial charge < -0.3 is 15.0 Å². The lowest BCUT2D eigenvalue weighted by Gasteiger charge is -2.07. The van der Waals surface area contributed by atoms with Gasteiger partial charge in [-0.05, 0) is 42.7 Å². The molecule has 0 aliphatic heterocycles. The van der Waals surface area contributed by atoms with Crippen LogP contribution in [0.3, 0.4) is 0 Å². The van der Waals surface area contributed by atoms with Crippen LogP contribution in [0.1, 0.15) is 30.6 Å². The fourth-order valence-corrected chi connectivity index (χ4v) is 2.08. The topological polar surface area (TPSA) is 54.3 Å². The van der Waals surface area contributed by atoms with Crippen molar-refractivity contribution in [3.8, 4) is 0 Å². The van der Waals surface area contributed by atoms with Gasteiger partial charge in [0.15, 0.2) is 0 Å². The molecule has 2 rings (SSSR count). The van der Waals surface area contributed by atoms with Gasteiger partial charge in [-0.3, -0.25) is 4.79 Å². The first kappa shape index (κ1) is 14.3. The molecule has 0 aliphatic carbocycles. The highest BCUT2D eigenvalue weighted by Gasteiger charge is 2.08. The van der Waals surface area contributed by atoms with Crippen LogP contribution in [0.2, 0.25) is 0 Å². The molecule has 0 bridgehead atoms. The molecule has 4 heteroatoms. The lowest BCUT2D eigenvalue weighted by atomic mass is 10.1. The molecule has 0 saturated heterocycles. The summed E-state index contributed by atoms with van der Waals surface area (Å²) >= 11 is 0. The third-order valence-electron chi connectivity index (χ3n) is 3.17. The number of carbonyl (C=O) groups excluding carboxylic acids is 1. The fourth-order valence-electron chi connectivity index (χ4n) is 2.08. The number of nitrogens with one attached hydrogen (secondary N) is 1. The molecule has 1 heterocycles. The fraction of sp³-hybridized carbons (Fsp3) is 0.312. The van der Waals surface area contributed by atoms with Gasteiger partial charge in [0.1, 0.15) is 6.54 Å². The normalized spacial score (nSPS) is 12.2. The van der Waals surface area contributed by atoms with E-state index in [9.17, 15) is 9.90 Å². The summed E-state index contributed by atoms with van der Waals surface area (Å²) < 4.78 is 1.78. The molecule has 0 spiro atoms. The Kier molecular flexibility index (Phi) is 4.58. The molecule has 20 heavy (non-hydrogen) atoms. The van der Waals surface area contributed by atoms with Crippen LogP contribution in [0.15, 0.2) is 42.7 Å². The number of aliphatic hydroxyl groups is 1. The van der Waals surface area contributed by atoms with Crippen molar-refractivity contribution >= 4 is 11.6 Å². The van der Waals surface area contributed by atoms with Gasteiger partial charge in [0.2, 0.25) is 5.91 Å². The van der Waals surface area contributed by atoms with Crippen molar-refractivity contribution in [2.45, 2.75) is 32.9 Å². The number of nitrogens with zero attached hydrogens (tertiary/aromatic N) is 1. The average molecular weight is 272 g/mol. The molecule has 1 atom stereocenters. The third kappa shape index (κ3) is 3.71. The van der Waals surface area contributed by atoms with E-state index in [1.807, 2.05) is 56.6 Å². The number of anilines is 1. The van der Waals surface area contributed by atoms with Crippen molar-refractivity contribution in [1.29, 1.82) is 0 Å². The van der Waals surface area contributed by atoms with Crippen LogP contribution in [0.25, 0.3) is 0 Å². The maximum atomic E-state index is 11.9. The van der Waals surface area contributed by atoms with Gasteiger partial charge in [-0.25, -0.2) is 0 Å². The second-order valence-corrected chi connectivity index (χ2v) is 4.96. The maximum absolute atomic E-state index is 11.9. The predicted octanol–water partition coefficient (Wildman–Crippen LogP) is 2.88. The zero-order chi connectivity index (χ0) is 14.5. The number of hydrogen-bond acceptors (Lipinski definition) is 2. The molecule has 0 fully saturated rings. The summed E-state index contributed by atoms with van der Waals surface area (Å²) in [5.41, 5.74) is 2.75. The standard InChI is InChI=1S/C16H20N2O2/c1-3-15(19)13-7-8-18(10-13)11-16(20)17-14-6-4-5-12(2)9-14/h4-10,15,19H,3,11H2,1-2H3,(H,17,20). The second kappa shape index (κ2) is 6.39. The van der Waals surface area contributed by atoms with Crippen molar-refractivity contribution in [2.75, 3.05) is 5.32 Å². The van der Waals surface area contributed by atoms with Gasteiger partial charge >= 0.3 is 0 Å². The third-order valence-corrected chi connectivity index (χ3v) is 3.17. The number of benzene rings is 1. The molecule has 1 aromatic carbocycles. The van der Waals surface area contributed by atoms with E-state index in [1.165, 1.54) is 0 Å². The van der Waals surface area contributed by atoms with Crippen LogP contribution in [0.5, 0.6) is 0 Å². The average Bonchev–Trinajstić information content (AvgIpc) is 2.86. The molecule has 4 nitrogen and oxygen atoms in total. The number of amides is 1. The molecular weight excluding hydrogens is 252 g/mol. The summed E-state index contributed by atoms with van der Waals surface area (Å²) in [6.07, 6.45) is 3.82. The molecule has 0 saturated carbocycles. The van der Waals surface area contributed by atoms with Gasteiger partial charge in [0.25, 0.3) is 0 Å². The number of aryl methyl sites for hydroxylation is 1. The molecule has 106 valence electrons. The minimum atomic E-state index is -0.462. The van der Waals surface area contributed by atoms with Crippen molar-refractivity contribution in [2.24, 2.45) is 0 Å².